The second-order valence-electron chi connectivity index (χ2n) is 5.87. The molecule has 0 saturated heterocycles. The molecule has 0 bridgehead atoms. The van der Waals surface area contributed by atoms with Gasteiger partial charge in [-0.05, 0) is 24.0 Å². The maximum absolute atomic E-state index is 12.5. The van der Waals surface area contributed by atoms with E-state index in [-0.39, 0.29) is 11.8 Å². The van der Waals surface area contributed by atoms with E-state index in [0.717, 1.165) is 12.1 Å². The summed E-state index contributed by atoms with van der Waals surface area (Å²) in [5.74, 6) is -1.49. The molecule has 1 aliphatic carbocycles. The van der Waals surface area contributed by atoms with E-state index in [1.165, 1.54) is 5.56 Å². The number of nitrogens with one attached hydrogen (secondary N) is 1. The van der Waals surface area contributed by atoms with Crippen LogP contribution >= 0.6 is 0 Å². The van der Waals surface area contributed by atoms with Gasteiger partial charge >= 0.3 is 5.97 Å². The predicted molar refractivity (Wildman–Crippen MR) is 83.7 cm³/mol. The zero-order chi connectivity index (χ0) is 16.4. The maximum atomic E-state index is 12.5. The topological polar surface area (TPSA) is 84.2 Å². The molecule has 6 nitrogen and oxygen atoms in total. The van der Waals surface area contributed by atoms with Gasteiger partial charge in [-0.2, -0.15) is 5.10 Å². The summed E-state index contributed by atoms with van der Waals surface area (Å²) >= 11 is 0. The molecule has 0 radical (unpaired) electrons. The first-order chi connectivity index (χ1) is 11.1. The molecule has 2 aromatic rings. The number of carboxylic acids is 1. The SMILES string of the molecule is Cn1ncc2c1CC(C(=O)N[C@@H](C(=O)O)c1ccccc1)CC2. The standard InChI is InChI=1S/C17H19N3O3/c1-20-14-9-12(7-8-13(14)10-18-20)16(21)19-15(17(22)23)11-5-3-2-4-6-11/h2-6,10,12,15H,7-9H2,1H3,(H,19,21)(H,22,23)/t12?,15-/m1/s1. The highest BCUT2D eigenvalue weighted by molar-refractivity contribution is 5.86. The summed E-state index contributed by atoms with van der Waals surface area (Å²) in [5.41, 5.74) is 2.81. The molecule has 0 aliphatic heterocycles. The quantitative estimate of drug-likeness (QED) is 0.895. The Morgan fingerprint density at radius 1 is 1.35 bits per heavy atom. The van der Waals surface area contributed by atoms with E-state index in [2.05, 4.69) is 10.4 Å². The average molecular weight is 313 g/mol. The van der Waals surface area contributed by atoms with Crippen LogP contribution in [0.1, 0.15) is 29.3 Å². The van der Waals surface area contributed by atoms with Crippen LogP contribution in [0.2, 0.25) is 0 Å². The summed E-state index contributed by atoms with van der Waals surface area (Å²) < 4.78 is 1.79. The molecule has 120 valence electrons. The fourth-order valence-corrected chi connectivity index (χ4v) is 3.06. The molecule has 0 saturated carbocycles. The number of hydrogen-bond acceptors (Lipinski definition) is 3. The number of hydrogen-bond donors (Lipinski definition) is 2. The van der Waals surface area contributed by atoms with E-state index < -0.39 is 12.0 Å². The van der Waals surface area contributed by atoms with Gasteiger partial charge in [-0.1, -0.05) is 30.3 Å². The van der Waals surface area contributed by atoms with Crippen LogP contribution in [0.4, 0.5) is 0 Å². The molecule has 1 aromatic carbocycles. The van der Waals surface area contributed by atoms with Crippen LogP contribution in [0, 0.1) is 5.92 Å². The second kappa shape index (κ2) is 6.24. The van der Waals surface area contributed by atoms with Gasteiger partial charge in [0.1, 0.15) is 0 Å². The predicted octanol–water partition coefficient (Wildman–Crippen LogP) is 1.47. The van der Waals surface area contributed by atoms with Crippen molar-refractivity contribution in [1.82, 2.24) is 15.1 Å². The molecule has 1 heterocycles. The molecule has 6 heteroatoms. The van der Waals surface area contributed by atoms with Gasteiger partial charge in [0, 0.05) is 25.1 Å². The first-order valence-corrected chi connectivity index (χ1v) is 7.64. The first kappa shape index (κ1) is 15.3. The van der Waals surface area contributed by atoms with E-state index in [4.69, 9.17) is 0 Å². The van der Waals surface area contributed by atoms with Gasteiger partial charge in [0.05, 0.1) is 6.20 Å². The molecule has 1 unspecified atom stereocenters. The Balaban J connectivity index is 1.73. The smallest absolute Gasteiger partial charge is 0.330 e. The highest BCUT2D eigenvalue weighted by Crippen LogP contribution is 2.26. The normalized spacial score (nSPS) is 18.0. The number of carbonyl (C=O) groups is 2. The van der Waals surface area contributed by atoms with E-state index in [0.29, 0.717) is 18.4 Å². The maximum Gasteiger partial charge on any atom is 0.330 e. The number of aromatic nitrogens is 2. The largest absolute Gasteiger partial charge is 0.479 e. The minimum absolute atomic E-state index is 0.215. The summed E-state index contributed by atoms with van der Waals surface area (Å²) in [4.78, 5) is 24.0. The van der Waals surface area contributed by atoms with Gasteiger partial charge in [0.2, 0.25) is 5.91 Å². The molecule has 2 atom stereocenters. The van der Waals surface area contributed by atoms with Crippen LogP contribution in [0.3, 0.4) is 0 Å². The minimum atomic E-state index is -1.05. The third kappa shape index (κ3) is 3.11. The lowest BCUT2D eigenvalue weighted by Gasteiger charge is -2.24. The summed E-state index contributed by atoms with van der Waals surface area (Å²) in [7, 11) is 1.86. The van der Waals surface area contributed by atoms with Gasteiger partial charge in [0.25, 0.3) is 0 Å². The molecular weight excluding hydrogens is 294 g/mol. The van der Waals surface area contributed by atoms with E-state index >= 15 is 0 Å². The Labute approximate surface area is 134 Å². The number of amides is 1. The van der Waals surface area contributed by atoms with Crippen molar-refractivity contribution in [2.75, 3.05) is 0 Å². The van der Waals surface area contributed by atoms with Crippen LogP contribution in [0.5, 0.6) is 0 Å². The van der Waals surface area contributed by atoms with Gasteiger partial charge in [-0.3, -0.25) is 9.48 Å². The van der Waals surface area contributed by atoms with Crippen LogP contribution in [0.25, 0.3) is 0 Å². The molecule has 3 rings (SSSR count). The Hall–Kier alpha value is -2.63. The molecule has 1 amide bonds. The summed E-state index contributed by atoms with van der Waals surface area (Å²) in [6.07, 6.45) is 3.95. The zero-order valence-corrected chi connectivity index (χ0v) is 12.9. The highest BCUT2D eigenvalue weighted by Gasteiger charge is 2.30. The second-order valence-corrected chi connectivity index (χ2v) is 5.87. The number of benzene rings is 1. The Morgan fingerprint density at radius 2 is 2.09 bits per heavy atom. The molecular formula is C17H19N3O3. The fourth-order valence-electron chi connectivity index (χ4n) is 3.06. The van der Waals surface area contributed by atoms with Crippen molar-refractivity contribution in [1.29, 1.82) is 0 Å². The van der Waals surface area contributed by atoms with Crippen LogP contribution < -0.4 is 5.32 Å². The Kier molecular flexibility index (Phi) is 4.14. The number of fused-ring (bicyclic) bond motifs is 1. The number of nitrogens with zero attached hydrogens (tertiary/aromatic N) is 2. The number of aliphatic carboxylic acids is 1. The van der Waals surface area contributed by atoms with Crippen LogP contribution in [-0.4, -0.2) is 26.8 Å². The van der Waals surface area contributed by atoms with Crippen molar-refractivity contribution in [3.63, 3.8) is 0 Å². The number of aryl methyl sites for hydroxylation is 2. The molecule has 23 heavy (non-hydrogen) atoms. The molecule has 2 N–H and O–H groups in total. The molecule has 0 spiro atoms. The van der Waals surface area contributed by atoms with E-state index in [1.54, 1.807) is 28.9 Å². The van der Waals surface area contributed by atoms with Crippen molar-refractivity contribution in [2.45, 2.75) is 25.3 Å². The van der Waals surface area contributed by atoms with Gasteiger partial charge < -0.3 is 10.4 Å². The van der Waals surface area contributed by atoms with Crippen LogP contribution in [0.15, 0.2) is 36.5 Å². The summed E-state index contributed by atoms with van der Waals surface area (Å²) in [5, 5.41) is 16.3. The Bertz CT molecular complexity index is 724. The van der Waals surface area contributed by atoms with Crippen molar-refractivity contribution in [3.05, 3.63) is 53.3 Å². The summed E-state index contributed by atoms with van der Waals surface area (Å²) in [6.45, 7) is 0. The third-order valence-corrected chi connectivity index (χ3v) is 4.39. The first-order valence-electron chi connectivity index (χ1n) is 7.64. The number of rotatable bonds is 4. The van der Waals surface area contributed by atoms with Gasteiger partial charge in [-0.15, -0.1) is 0 Å². The van der Waals surface area contributed by atoms with Crippen molar-refractivity contribution >= 4 is 11.9 Å². The average Bonchev–Trinajstić information content (AvgIpc) is 2.93. The lowest BCUT2D eigenvalue weighted by Crippen LogP contribution is -2.39. The zero-order valence-electron chi connectivity index (χ0n) is 12.9. The molecule has 1 aliphatic rings. The molecule has 1 aromatic heterocycles. The van der Waals surface area contributed by atoms with E-state index in [1.807, 2.05) is 19.3 Å². The lowest BCUT2D eigenvalue weighted by atomic mass is 9.87. The van der Waals surface area contributed by atoms with Gasteiger partial charge in [-0.25, -0.2) is 4.79 Å². The Morgan fingerprint density at radius 3 is 2.78 bits per heavy atom. The van der Waals surface area contributed by atoms with E-state index in [9.17, 15) is 14.7 Å². The fraction of sp³-hybridized carbons (Fsp3) is 0.353. The van der Waals surface area contributed by atoms with Crippen molar-refractivity contribution in [2.24, 2.45) is 13.0 Å². The van der Waals surface area contributed by atoms with Crippen molar-refractivity contribution in [3.8, 4) is 0 Å². The number of carbonyl (C=O) groups excluding carboxylic acids is 1. The van der Waals surface area contributed by atoms with Crippen molar-refractivity contribution < 1.29 is 14.7 Å². The summed E-state index contributed by atoms with van der Waals surface area (Å²) in [6, 6.07) is 7.74. The van der Waals surface area contributed by atoms with Gasteiger partial charge in [0.15, 0.2) is 6.04 Å². The monoisotopic (exact) mass is 313 g/mol. The lowest BCUT2D eigenvalue weighted by molar-refractivity contribution is -0.142. The third-order valence-electron chi connectivity index (χ3n) is 4.39. The minimum Gasteiger partial charge on any atom is -0.479 e. The van der Waals surface area contributed by atoms with Crippen LogP contribution in [-0.2, 0) is 29.5 Å². The molecule has 0 fully saturated rings. The highest BCUT2D eigenvalue weighted by atomic mass is 16.4. The number of carboxylic acid groups (broad SMARTS) is 1.